The number of benzene rings is 2. The molecule has 2 aromatic carbocycles. The summed E-state index contributed by atoms with van der Waals surface area (Å²) in [6.07, 6.45) is 3.06. The topological polar surface area (TPSA) is 102 Å². The average Bonchev–Trinajstić information content (AvgIpc) is 3.58. The van der Waals surface area contributed by atoms with Crippen molar-refractivity contribution in [1.82, 2.24) is 9.78 Å². The van der Waals surface area contributed by atoms with Crippen LogP contribution < -0.4 is 10.6 Å². The summed E-state index contributed by atoms with van der Waals surface area (Å²) in [5, 5.41) is 9.51. The van der Waals surface area contributed by atoms with Crippen LogP contribution in [0.25, 0.3) is 5.69 Å². The van der Waals surface area contributed by atoms with Crippen molar-refractivity contribution < 1.29 is 23.5 Å². The smallest absolute Gasteiger partial charge is 0.341 e. The molecule has 3 aromatic rings. The summed E-state index contributed by atoms with van der Waals surface area (Å²) in [6.45, 7) is 3.77. The van der Waals surface area contributed by atoms with Gasteiger partial charge in [-0.25, -0.2) is 13.9 Å². The maximum Gasteiger partial charge on any atom is 0.341 e. The van der Waals surface area contributed by atoms with Crippen LogP contribution in [-0.4, -0.2) is 34.2 Å². The first kappa shape index (κ1) is 22.2. The predicted octanol–water partition coefficient (Wildman–Crippen LogP) is 4.10. The highest BCUT2D eigenvalue weighted by Crippen LogP contribution is 2.31. The van der Waals surface area contributed by atoms with Gasteiger partial charge in [0.05, 0.1) is 29.9 Å². The summed E-state index contributed by atoms with van der Waals surface area (Å²) in [6, 6.07) is 10.7. The number of esters is 1. The first-order valence-corrected chi connectivity index (χ1v) is 10.6. The fraction of sp³-hybridized carbons (Fsp3) is 0.250. The second-order valence-corrected chi connectivity index (χ2v) is 7.74. The Kier molecular flexibility index (Phi) is 6.21. The molecule has 0 spiro atoms. The molecule has 170 valence electrons. The van der Waals surface area contributed by atoms with Crippen LogP contribution in [0.3, 0.4) is 0 Å². The first-order valence-electron chi connectivity index (χ1n) is 10.6. The van der Waals surface area contributed by atoms with Crippen LogP contribution in [0.5, 0.6) is 0 Å². The standard InChI is InChI=1S/C24H23FN4O4/c1-3-33-24(32)19-13-26-29(14(19)2)18-9-6-16(7-10-18)22(30)27-17-8-11-20(25)21(12-17)28-23(31)15-4-5-15/h6-13,15H,3-5H2,1-2H3,(H,27,30)(H,28,31). The lowest BCUT2D eigenvalue weighted by atomic mass is 10.1. The third-order valence-corrected chi connectivity index (χ3v) is 5.31. The molecule has 1 aromatic heterocycles. The molecular formula is C24H23FN4O4. The molecule has 2 N–H and O–H groups in total. The van der Waals surface area contributed by atoms with E-state index in [1.807, 2.05) is 0 Å². The van der Waals surface area contributed by atoms with Gasteiger partial charge in [-0.2, -0.15) is 5.10 Å². The summed E-state index contributed by atoms with van der Waals surface area (Å²) in [4.78, 5) is 36.6. The Morgan fingerprint density at radius 3 is 2.52 bits per heavy atom. The first-order chi connectivity index (χ1) is 15.9. The van der Waals surface area contributed by atoms with E-state index in [4.69, 9.17) is 4.74 Å². The Morgan fingerprint density at radius 2 is 1.85 bits per heavy atom. The number of carbonyl (C=O) groups is 3. The Labute approximate surface area is 189 Å². The number of hydrogen-bond donors (Lipinski definition) is 2. The maximum absolute atomic E-state index is 14.0. The van der Waals surface area contributed by atoms with Gasteiger partial charge in [0.1, 0.15) is 11.4 Å². The van der Waals surface area contributed by atoms with E-state index in [9.17, 15) is 18.8 Å². The largest absolute Gasteiger partial charge is 0.462 e. The van der Waals surface area contributed by atoms with E-state index in [-0.39, 0.29) is 24.1 Å². The van der Waals surface area contributed by atoms with Gasteiger partial charge in [-0.3, -0.25) is 9.59 Å². The highest BCUT2D eigenvalue weighted by atomic mass is 19.1. The van der Waals surface area contributed by atoms with Gasteiger partial charge in [0.2, 0.25) is 5.91 Å². The van der Waals surface area contributed by atoms with Crippen molar-refractivity contribution in [2.45, 2.75) is 26.7 Å². The molecule has 0 unspecified atom stereocenters. The fourth-order valence-corrected chi connectivity index (χ4v) is 3.32. The molecule has 4 rings (SSSR count). The van der Waals surface area contributed by atoms with Gasteiger partial charge in [-0.1, -0.05) is 0 Å². The van der Waals surface area contributed by atoms with Gasteiger partial charge < -0.3 is 15.4 Å². The quantitative estimate of drug-likeness (QED) is 0.528. The van der Waals surface area contributed by atoms with Crippen molar-refractivity contribution in [3.8, 4) is 5.69 Å². The molecule has 0 aliphatic heterocycles. The zero-order valence-electron chi connectivity index (χ0n) is 18.2. The van der Waals surface area contributed by atoms with Gasteiger partial charge in [-0.15, -0.1) is 0 Å². The molecule has 0 saturated heterocycles. The molecule has 1 saturated carbocycles. The minimum absolute atomic E-state index is 0.0339. The van der Waals surface area contributed by atoms with E-state index in [0.717, 1.165) is 12.8 Å². The van der Waals surface area contributed by atoms with Crippen LogP contribution in [0, 0.1) is 18.7 Å². The molecule has 0 radical (unpaired) electrons. The number of rotatable bonds is 7. The molecule has 9 heteroatoms. The van der Waals surface area contributed by atoms with E-state index in [1.165, 1.54) is 24.4 Å². The Morgan fingerprint density at radius 1 is 1.12 bits per heavy atom. The number of nitrogens with zero attached hydrogens (tertiary/aromatic N) is 2. The number of ether oxygens (including phenoxy) is 1. The summed E-state index contributed by atoms with van der Waals surface area (Å²) >= 11 is 0. The maximum atomic E-state index is 14.0. The van der Waals surface area contributed by atoms with Crippen molar-refractivity contribution in [2.75, 3.05) is 17.2 Å². The zero-order chi connectivity index (χ0) is 23.5. The van der Waals surface area contributed by atoms with Gasteiger partial charge in [-0.05, 0) is 69.2 Å². The fourth-order valence-electron chi connectivity index (χ4n) is 3.32. The second-order valence-electron chi connectivity index (χ2n) is 7.74. The Bertz CT molecular complexity index is 1220. The van der Waals surface area contributed by atoms with Crippen molar-refractivity contribution >= 4 is 29.2 Å². The number of nitrogens with one attached hydrogen (secondary N) is 2. The Hall–Kier alpha value is -4.01. The zero-order valence-corrected chi connectivity index (χ0v) is 18.2. The molecule has 1 heterocycles. The second kappa shape index (κ2) is 9.23. The number of halogens is 1. The minimum atomic E-state index is -0.567. The highest BCUT2D eigenvalue weighted by Gasteiger charge is 2.30. The molecule has 33 heavy (non-hydrogen) atoms. The SMILES string of the molecule is CCOC(=O)c1cnn(-c2ccc(C(=O)Nc3ccc(F)c(NC(=O)C4CC4)c3)cc2)c1C. The van der Waals surface area contributed by atoms with Crippen molar-refractivity contribution in [3.63, 3.8) is 0 Å². The lowest BCUT2D eigenvalue weighted by Crippen LogP contribution is -2.16. The predicted molar refractivity (Wildman–Crippen MR) is 120 cm³/mol. The molecule has 0 bridgehead atoms. The van der Waals surface area contributed by atoms with Gasteiger partial charge >= 0.3 is 5.97 Å². The van der Waals surface area contributed by atoms with Gasteiger partial charge in [0.15, 0.2) is 0 Å². The van der Waals surface area contributed by atoms with E-state index >= 15 is 0 Å². The number of hydrogen-bond acceptors (Lipinski definition) is 5. The van der Waals surface area contributed by atoms with E-state index in [0.29, 0.717) is 28.2 Å². The lowest BCUT2D eigenvalue weighted by Gasteiger charge is -2.10. The molecule has 1 aliphatic rings. The van der Waals surface area contributed by atoms with E-state index in [1.54, 1.807) is 42.8 Å². The Balaban J connectivity index is 1.46. The number of aromatic nitrogens is 2. The molecule has 8 nitrogen and oxygen atoms in total. The molecule has 2 amide bonds. The van der Waals surface area contributed by atoms with Crippen LogP contribution in [0.15, 0.2) is 48.7 Å². The number of anilines is 2. The highest BCUT2D eigenvalue weighted by molar-refractivity contribution is 6.05. The molecule has 0 atom stereocenters. The monoisotopic (exact) mass is 450 g/mol. The van der Waals surface area contributed by atoms with Crippen LogP contribution in [0.2, 0.25) is 0 Å². The van der Waals surface area contributed by atoms with Gasteiger partial charge in [0, 0.05) is 17.2 Å². The third kappa shape index (κ3) is 4.92. The van der Waals surface area contributed by atoms with Crippen LogP contribution >= 0.6 is 0 Å². The molecule has 1 aliphatic carbocycles. The average molecular weight is 450 g/mol. The van der Waals surface area contributed by atoms with Crippen LogP contribution in [0.4, 0.5) is 15.8 Å². The summed E-state index contributed by atoms with van der Waals surface area (Å²) in [7, 11) is 0. The summed E-state index contributed by atoms with van der Waals surface area (Å²) in [5.41, 5.74) is 2.44. The third-order valence-electron chi connectivity index (χ3n) is 5.31. The number of amides is 2. The van der Waals surface area contributed by atoms with Crippen molar-refractivity contribution in [2.24, 2.45) is 5.92 Å². The van der Waals surface area contributed by atoms with Crippen molar-refractivity contribution in [3.05, 3.63) is 71.3 Å². The van der Waals surface area contributed by atoms with Gasteiger partial charge in [0.25, 0.3) is 5.91 Å². The van der Waals surface area contributed by atoms with Crippen molar-refractivity contribution in [1.29, 1.82) is 0 Å². The summed E-state index contributed by atoms with van der Waals surface area (Å²) < 4.78 is 20.7. The molecular weight excluding hydrogens is 427 g/mol. The van der Waals surface area contributed by atoms with E-state index < -0.39 is 17.7 Å². The van der Waals surface area contributed by atoms with Crippen LogP contribution in [-0.2, 0) is 9.53 Å². The molecule has 1 fully saturated rings. The van der Waals surface area contributed by atoms with E-state index in [2.05, 4.69) is 15.7 Å². The summed E-state index contributed by atoms with van der Waals surface area (Å²) in [5.74, 6) is -1.68. The normalized spacial score (nSPS) is 12.8. The van der Waals surface area contributed by atoms with Crippen LogP contribution in [0.1, 0.15) is 46.2 Å². The number of carbonyl (C=O) groups excluding carboxylic acids is 3. The lowest BCUT2D eigenvalue weighted by molar-refractivity contribution is -0.117. The minimum Gasteiger partial charge on any atom is -0.462 e.